The molecule has 0 aromatic carbocycles. The summed E-state index contributed by atoms with van der Waals surface area (Å²) >= 11 is 3.04. The van der Waals surface area contributed by atoms with E-state index in [4.69, 9.17) is 0 Å². The van der Waals surface area contributed by atoms with Crippen LogP contribution in [0.15, 0.2) is 11.4 Å². The Balaban J connectivity index is 2.66. The highest BCUT2D eigenvalue weighted by molar-refractivity contribution is 7.99. The van der Waals surface area contributed by atoms with E-state index >= 15 is 0 Å². The second-order valence-electron chi connectivity index (χ2n) is 3.85. The van der Waals surface area contributed by atoms with Crippen LogP contribution in [-0.4, -0.2) is 35.2 Å². The van der Waals surface area contributed by atoms with Gasteiger partial charge >= 0.3 is 0 Å². The van der Waals surface area contributed by atoms with Gasteiger partial charge in [0, 0.05) is 11.3 Å². The molecule has 1 aromatic rings. The van der Waals surface area contributed by atoms with Gasteiger partial charge in [-0.15, -0.1) is 11.3 Å². The van der Waals surface area contributed by atoms with E-state index in [0.717, 1.165) is 16.9 Å². The predicted molar refractivity (Wildman–Crippen MR) is 75.0 cm³/mol. The predicted octanol–water partition coefficient (Wildman–Crippen LogP) is 2.15. The van der Waals surface area contributed by atoms with E-state index in [2.05, 4.69) is 5.32 Å². The Kier molecular flexibility index (Phi) is 6.02. The normalized spacial score (nSPS) is 14.4. The summed E-state index contributed by atoms with van der Waals surface area (Å²) in [5.74, 6) is -0.0307. The minimum Gasteiger partial charge on any atom is -0.395 e. The SMILES string of the molecule is CCc1ccsc1C(=O)NC(C)C(CO)SC. The van der Waals surface area contributed by atoms with Crippen molar-refractivity contribution in [1.29, 1.82) is 0 Å². The number of rotatable bonds is 6. The molecule has 2 atom stereocenters. The first-order valence-corrected chi connectivity index (χ1v) is 7.81. The lowest BCUT2D eigenvalue weighted by molar-refractivity contribution is 0.0939. The van der Waals surface area contributed by atoms with Crippen molar-refractivity contribution >= 4 is 29.0 Å². The Morgan fingerprint density at radius 3 is 2.88 bits per heavy atom. The number of hydrogen-bond acceptors (Lipinski definition) is 4. The van der Waals surface area contributed by atoms with Crippen molar-refractivity contribution in [3.05, 3.63) is 21.9 Å². The maximum absolute atomic E-state index is 12.0. The van der Waals surface area contributed by atoms with Gasteiger partial charge in [0.2, 0.25) is 0 Å². The van der Waals surface area contributed by atoms with Crippen molar-refractivity contribution in [3.63, 3.8) is 0 Å². The van der Waals surface area contributed by atoms with Crippen molar-refractivity contribution in [2.24, 2.45) is 0 Å². The zero-order chi connectivity index (χ0) is 12.8. The number of nitrogens with one attached hydrogen (secondary N) is 1. The molecule has 0 bridgehead atoms. The third kappa shape index (κ3) is 3.72. The highest BCUT2D eigenvalue weighted by Crippen LogP contribution is 2.18. The number of thioether (sulfide) groups is 1. The maximum Gasteiger partial charge on any atom is 0.261 e. The number of thiophene rings is 1. The third-order valence-corrected chi connectivity index (χ3v) is 4.85. The van der Waals surface area contributed by atoms with Crippen LogP contribution in [0.4, 0.5) is 0 Å². The number of amides is 1. The van der Waals surface area contributed by atoms with Crippen LogP contribution in [0.3, 0.4) is 0 Å². The molecule has 1 heterocycles. The van der Waals surface area contributed by atoms with E-state index in [1.54, 1.807) is 11.8 Å². The quantitative estimate of drug-likeness (QED) is 0.835. The van der Waals surface area contributed by atoms with Gasteiger partial charge in [-0.05, 0) is 36.6 Å². The fourth-order valence-corrected chi connectivity index (χ4v) is 3.14. The van der Waals surface area contributed by atoms with Crippen LogP contribution in [-0.2, 0) is 6.42 Å². The summed E-state index contributed by atoms with van der Waals surface area (Å²) < 4.78 is 0. The first kappa shape index (κ1) is 14.5. The summed E-state index contributed by atoms with van der Waals surface area (Å²) in [6, 6.07) is 1.96. The van der Waals surface area contributed by atoms with Crippen LogP contribution in [0.1, 0.15) is 29.1 Å². The van der Waals surface area contributed by atoms with Crippen LogP contribution in [0.2, 0.25) is 0 Å². The zero-order valence-corrected chi connectivity index (χ0v) is 12.0. The second kappa shape index (κ2) is 7.03. The first-order chi connectivity index (χ1) is 8.13. The van der Waals surface area contributed by atoms with Gasteiger partial charge in [-0.3, -0.25) is 4.79 Å². The number of hydrogen-bond donors (Lipinski definition) is 2. The number of carbonyl (C=O) groups is 1. The smallest absolute Gasteiger partial charge is 0.261 e. The number of aliphatic hydroxyl groups is 1. The fourth-order valence-electron chi connectivity index (χ4n) is 1.62. The van der Waals surface area contributed by atoms with E-state index in [1.807, 2.05) is 31.5 Å². The Labute approximate surface area is 111 Å². The number of aliphatic hydroxyl groups excluding tert-OH is 1. The molecule has 0 spiro atoms. The average molecular weight is 273 g/mol. The Morgan fingerprint density at radius 2 is 2.35 bits per heavy atom. The van der Waals surface area contributed by atoms with Gasteiger partial charge in [0.25, 0.3) is 5.91 Å². The van der Waals surface area contributed by atoms with Gasteiger partial charge in [-0.2, -0.15) is 11.8 Å². The molecule has 1 rings (SSSR count). The lowest BCUT2D eigenvalue weighted by atomic mass is 10.2. The molecule has 2 N–H and O–H groups in total. The monoisotopic (exact) mass is 273 g/mol. The Hall–Kier alpha value is -0.520. The van der Waals surface area contributed by atoms with E-state index in [1.165, 1.54) is 11.3 Å². The zero-order valence-electron chi connectivity index (χ0n) is 10.4. The summed E-state index contributed by atoms with van der Waals surface area (Å²) in [5.41, 5.74) is 1.09. The lowest BCUT2D eigenvalue weighted by Crippen LogP contribution is -2.41. The molecule has 0 aliphatic carbocycles. The van der Waals surface area contributed by atoms with Crippen LogP contribution in [0, 0.1) is 0 Å². The van der Waals surface area contributed by atoms with Crippen LogP contribution >= 0.6 is 23.1 Å². The fraction of sp³-hybridized carbons (Fsp3) is 0.583. The van der Waals surface area contributed by atoms with Gasteiger partial charge < -0.3 is 10.4 Å². The molecule has 0 fully saturated rings. The molecular formula is C12H19NO2S2. The van der Waals surface area contributed by atoms with Gasteiger partial charge in [0.05, 0.1) is 11.5 Å². The third-order valence-electron chi connectivity index (χ3n) is 2.73. The topological polar surface area (TPSA) is 49.3 Å². The minimum atomic E-state index is -0.0330. The van der Waals surface area contributed by atoms with E-state index in [0.29, 0.717) is 0 Å². The summed E-state index contributed by atoms with van der Waals surface area (Å²) in [6.45, 7) is 4.04. The molecule has 3 nitrogen and oxygen atoms in total. The van der Waals surface area contributed by atoms with E-state index in [9.17, 15) is 9.90 Å². The first-order valence-electron chi connectivity index (χ1n) is 5.64. The van der Waals surface area contributed by atoms with Crippen LogP contribution in [0.25, 0.3) is 0 Å². The molecule has 0 radical (unpaired) electrons. The van der Waals surface area contributed by atoms with Gasteiger partial charge in [0.15, 0.2) is 0 Å². The summed E-state index contributed by atoms with van der Waals surface area (Å²) in [5, 5.41) is 14.1. The molecule has 0 saturated carbocycles. The summed E-state index contributed by atoms with van der Waals surface area (Å²) in [4.78, 5) is 12.8. The van der Waals surface area contributed by atoms with Crippen molar-refractivity contribution in [3.8, 4) is 0 Å². The molecule has 1 amide bonds. The van der Waals surface area contributed by atoms with Crippen molar-refractivity contribution in [2.75, 3.05) is 12.9 Å². The Morgan fingerprint density at radius 1 is 1.65 bits per heavy atom. The van der Waals surface area contributed by atoms with Crippen LogP contribution in [0.5, 0.6) is 0 Å². The molecule has 1 aromatic heterocycles. The second-order valence-corrected chi connectivity index (χ2v) is 5.84. The molecule has 5 heteroatoms. The standard InChI is InChI=1S/C12H19NO2S2/c1-4-9-5-6-17-11(9)12(15)13-8(2)10(7-14)16-3/h5-6,8,10,14H,4,7H2,1-3H3,(H,13,15). The molecule has 0 saturated heterocycles. The van der Waals surface area contributed by atoms with E-state index < -0.39 is 0 Å². The average Bonchev–Trinajstić information content (AvgIpc) is 2.78. The minimum absolute atomic E-state index is 0.0307. The molecule has 0 aliphatic heterocycles. The highest BCUT2D eigenvalue weighted by Gasteiger charge is 2.19. The number of carbonyl (C=O) groups excluding carboxylic acids is 1. The molecule has 0 aliphatic rings. The van der Waals surface area contributed by atoms with Crippen molar-refractivity contribution in [1.82, 2.24) is 5.32 Å². The van der Waals surface area contributed by atoms with Gasteiger partial charge in [0.1, 0.15) is 0 Å². The van der Waals surface area contributed by atoms with Gasteiger partial charge in [-0.1, -0.05) is 6.92 Å². The molecular weight excluding hydrogens is 254 g/mol. The molecule has 2 unspecified atom stereocenters. The van der Waals surface area contributed by atoms with Crippen molar-refractivity contribution in [2.45, 2.75) is 31.6 Å². The number of aryl methyl sites for hydroxylation is 1. The maximum atomic E-state index is 12.0. The van der Waals surface area contributed by atoms with E-state index in [-0.39, 0.29) is 23.8 Å². The van der Waals surface area contributed by atoms with Crippen LogP contribution < -0.4 is 5.32 Å². The largest absolute Gasteiger partial charge is 0.395 e. The molecule has 96 valence electrons. The summed E-state index contributed by atoms with van der Waals surface area (Å²) in [7, 11) is 0. The molecule has 17 heavy (non-hydrogen) atoms. The lowest BCUT2D eigenvalue weighted by Gasteiger charge is -2.21. The van der Waals surface area contributed by atoms with Crippen molar-refractivity contribution < 1.29 is 9.90 Å². The van der Waals surface area contributed by atoms with Gasteiger partial charge in [-0.25, -0.2) is 0 Å². The highest BCUT2D eigenvalue weighted by atomic mass is 32.2. The summed E-state index contributed by atoms with van der Waals surface area (Å²) in [6.07, 6.45) is 2.80. The Bertz CT molecular complexity index is 361.